The van der Waals surface area contributed by atoms with Gasteiger partial charge in [0.15, 0.2) is 11.5 Å². The van der Waals surface area contributed by atoms with E-state index in [0.29, 0.717) is 29.6 Å². The Hall–Kier alpha value is -1.75. The minimum atomic E-state index is -0.0468. The molecule has 0 saturated carbocycles. The third kappa shape index (κ3) is 3.04. The zero-order valence-electron chi connectivity index (χ0n) is 12.3. The summed E-state index contributed by atoms with van der Waals surface area (Å²) in [5.74, 6) is 1.02. The summed E-state index contributed by atoms with van der Waals surface area (Å²) in [5.41, 5.74) is 0.535. The molecule has 5 heteroatoms. The Labute approximate surface area is 119 Å². The molecule has 1 atom stereocenters. The van der Waals surface area contributed by atoms with Gasteiger partial charge in [-0.05, 0) is 31.5 Å². The fourth-order valence-corrected chi connectivity index (χ4v) is 2.59. The molecule has 1 aromatic carbocycles. The zero-order chi connectivity index (χ0) is 14.5. The first-order valence-corrected chi connectivity index (χ1v) is 6.87. The molecule has 0 bridgehead atoms. The topological polar surface area (TPSA) is 50.8 Å². The molecule has 1 amide bonds. The van der Waals surface area contributed by atoms with Crippen LogP contribution in [0.15, 0.2) is 18.2 Å². The molecule has 1 aliphatic rings. The second-order valence-corrected chi connectivity index (χ2v) is 5.02. The standard InChI is InChI=1S/C15H22N2O3/c1-17(10-11-6-5-9-16-11)15(18)12-7-4-8-13(19-2)14(12)20-3/h4,7-8,11,16H,5-6,9-10H2,1-3H3. The Bertz CT molecular complexity index is 470. The number of methoxy groups -OCH3 is 2. The number of para-hydroxylation sites is 1. The highest BCUT2D eigenvalue weighted by Gasteiger charge is 2.23. The van der Waals surface area contributed by atoms with E-state index in [4.69, 9.17) is 9.47 Å². The van der Waals surface area contributed by atoms with E-state index < -0.39 is 0 Å². The first kappa shape index (κ1) is 14.7. The summed E-state index contributed by atoms with van der Waals surface area (Å²) in [6.45, 7) is 1.74. The lowest BCUT2D eigenvalue weighted by Crippen LogP contribution is -2.38. The van der Waals surface area contributed by atoms with Crippen molar-refractivity contribution in [1.82, 2.24) is 10.2 Å². The van der Waals surface area contributed by atoms with Crippen LogP contribution < -0.4 is 14.8 Å². The number of rotatable bonds is 5. The van der Waals surface area contributed by atoms with Crippen molar-refractivity contribution in [3.05, 3.63) is 23.8 Å². The average molecular weight is 278 g/mol. The maximum Gasteiger partial charge on any atom is 0.257 e. The lowest BCUT2D eigenvalue weighted by atomic mass is 10.1. The van der Waals surface area contributed by atoms with Crippen molar-refractivity contribution in [2.45, 2.75) is 18.9 Å². The molecule has 1 saturated heterocycles. The van der Waals surface area contributed by atoms with Crippen LogP contribution in [0.25, 0.3) is 0 Å². The number of nitrogens with one attached hydrogen (secondary N) is 1. The highest BCUT2D eigenvalue weighted by Crippen LogP contribution is 2.31. The highest BCUT2D eigenvalue weighted by atomic mass is 16.5. The second-order valence-electron chi connectivity index (χ2n) is 5.02. The van der Waals surface area contributed by atoms with Crippen molar-refractivity contribution in [3.8, 4) is 11.5 Å². The molecule has 0 aromatic heterocycles. The Morgan fingerprint density at radius 2 is 2.20 bits per heavy atom. The van der Waals surface area contributed by atoms with Gasteiger partial charge >= 0.3 is 0 Å². The van der Waals surface area contributed by atoms with E-state index in [1.54, 1.807) is 37.3 Å². The van der Waals surface area contributed by atoms with Gasteiger partial charge < -0.3 is 19.7 Å². The summed E-state index contributed by atoms with van der Waals surface area (Å²) in [6.07, 6.45) is 2.29. The van der Waals surface area contributed by atoms with Gasteiger partial charge in [0, 0.05) is 19.6 Å². The molecule has 20 heavy (non-hydrogen) atoms. The Kier molecular flexibility index (Phi) is 4.84. The lowest BCUT2D eigenvalue weighted by Gasteiger charge is -2.22. The molecule has 1 N–H and O–H groups in total. The van der Waals surface area contributed by atoms with Gasteiger partial charge in [0.25, 0.3) is 5.91 Å². The first-order chi connectivity index (χ1) is 9.67. The van der Waals surface area contributed by atoms with E-state index in [9.17, 15) is 4.79 Å². The van der Waals surface area contributed by atoms with Gasteiger partial charge in [-0.25, -0.2) is 0 Å². The predicted octanol–water partition coefficient (Wildman–Crippen LogP) is 1.53. The predicted molar refractivity (Wildman–Crippen MR) is 77.5 cm³/mol. The minimum Gasteiger partial charge on any atom is -0.493 e. The number of hydrogen-bond acceptors (Lipinski definition) is 4. The van der Waals surface area contributed by atoms with Crippen LogP contribution >= 0.6 is 0 Å². The van der Waals surface area contributed by atoms with Gasteiger partial charge in [0.05, 0.1) is 19.8 Å². The normalized spacial score (nSPS) is 17.9. The van der Waals surface area contributed by atoms with E-state index in [1.807, 2.05) is 7.05 Å². The Morgan fingerprint density at radius 1 is 1.40 bits per heavy atom. The zero-order valence-corrected chi connectivity index (χ0v) is 12.3. The van der Waals surface area contributed by atoms with Gasteiger partial charge in [-0.15, -0.1) is 0 Å². The molecular formula is C15H22N2O3. The minimum absolute atomic E-state index is 0.0468. The van der Waals surface area contributed by atoms with Gasteiger partial charge in [-0.1, -0.05) is 6.07 Å². The molecule has 0 radical (unpaired) electrons. The van der Waals surface area contributed by atoms with Crippen LogP contribution in [0.1, 0.15) is 23.2 Å². The maximum atomic E-state index is 12.5. The van der Waals surface area contributed by atoms with Gasteiger partial charge in [0.2, 0.25) is 0 Å². The summed E-state index contributed by atoms with van der Waals surface area (Å²) in [6, 6.07) is 5.74. The number of hydrogen-bond donors (Lipinski definition) is 1. The molecule has 0 spiro atoms. The summed E-state index contributed by atoms with van der Waals surface area (Å²) in [4.78, 5) is 14.3. The number of ether oxygens (including phenoxy) is 2. The summed E-state index contributed by atoms with van der Waals surface area (Å²) >= 11 is 0. The molecule has 1 heterocycles. The molecule has 5 nitrogen and oxygen atoms in total. The van der Waals surface area contributed by atoms with Crippen molar-refractivity contribution < 1.29 is 14.3 Å². The third-order valence-corrected chi connectivity index (χ3v) is 3.64. The SMILES string of the molecule is COc1cccc(C(=O)N(C)CC2CCCN2)c1OC. The molecular weight excluding hydrogens is 256 g/mol. The van der Waals surface area contributed by atoms with Crippen molar-refractivity contribution >= 4 is 5.91 Å². The molecule has 2 rings (SSSR count). The Balaban J connectivity index is 2.15. The van der Waals surface area contributed by atoms with Gasteiger partial charge in [0.1, 0.15) is 0 Å². The molecule has 110 valence electrons. The monoisotopic (exact) mass is 278 g/mol. The third-order valence-electron chi connectivity index (χ3n) is 3.64. The van der Waals surface area contributed by atoms with Crippen LogP contribution in [0.2, 0.25) is 0 Å². The number of benzene rings is 1. The van der Waals surface area contributed by atoms with Crippen molar-refractivity contribution in [2.24, 2.45) is 0 Å². The van der Waals surface area contributed by atoms with Crippen LogP contribution in [-0.4, -0.2) is 51.2 Å². The summed E-state index contributed by atoms with van der Waals surface area (Å²) in [7, 11) is 4.94. The van der Waals surface area contributed by atoms with E-state index in [-0.39, 0.29) is 5.91 Å². The van der Waals surface area contributed by atoms with E-state index in [2.05, 4.69) is 5.32 Å². The fourth-order valence-electron chi connectivity index (χ4n) is 2.59. The van der Waals surface area contributed by atoms with Crippen LogP contribution in [0.4, 0.5) is 0 Å². The molecule has 1 unspecified atom stereocenters. The van der Waals surface area contributed by atoms with Gasteiger partial charge in [-0.2, -0.15) is 0 Å². The first-order valence-electron chi connectivity index (χ1n) is 6.87. The number of amides is 1. The summed E-state index contributed by atoms with van der Waals surface area (Å²) < 4.78 is 10.6. The van der Waals surface area contributed by atoms with Crippen LogP contribution in [-0.2, 0) is 0 Å². The molecule has 1 aromatic rings. The highest BCUT2D eigenvalue weighted by molar-refractivity contribution is 5.97. The number of likely N-dealkylation sites (N-methyl/N-ethyl adjacent to an activating group) is 1. The van der Waals surface area contributed by atoms with E-state index in [1.165, 1.54) is 6.42 Å². The second kappa shape index (κ2) is 6.61. The fraction of sp³-hybridized carbons (Fsp3) is 0.533. The average Bonchev–Trinajstić information content (AvgIpc) is 2.98. The Morgan fingerprint density at radius 3 is 2.80 bits per heavy atom. The smallest absolute Gasteiger partial charge is 0.257 e. The molecule has 0 aliphatic carbocycles. The van der Waals surface area contributed by atoms with Crippen LogP contribution in [0.3, 0.4) is 0 Å². The van der Waals surface area contributed by atoms with Crippen LogP contribution in [0.5, 0.6) is 11.5 Å². The molecule has 1 fully saturated rings. The van der Waals surface area contributed by atoms with E-state index in [0.717, 1.165) is 13.0 Å². The summed E-state index contributed by atoms with van der Waals surface area (Å²) in [5, 5.41) is 3.40. The van der Waals surface area contributed by atoms with Gasteiger partial charge in [-0.3, -0.25) is 4.79 Å². The van der Waals surface area contributed by atoms with Crippen molar-refractivity contribution in [1.29, 1.82) is 0 Å². The molecule has 1 aliphatic heterocycles. The van der Waals surface area contributed by atoms with Crippen molar-refractivity contribution in [2.75, 3.05) is 34.4 Å². The van der Waals surface area contributed by atoms with E-state index >= 15 is 0 Å². The lowest BCUT2D eigenvalue weighted by molar-refractivity contribution is 0.0780. The quantitative estimate of drug-likeness (QED) is 0.887. The maximum absolute atomic E-state index is 12.5. The number of nitrogens with zero attached hydrogens (tertiary/aromatic N) is 1. The van der Waals surface area contributed by atoms with Crippen LogP contribution in [0, 0.1) is 0 Å². The van der Waals surface area contributed by atoms with Crippen molar-refractivity contribution in [3.63, 3.8) is 0 Å². The number of carbonyl (C=O) groups excluding carboxylic acids is 1. The number of carbonyl (C=O) groups is 1. The largest absolute Gasteiger partial charge is 0.493 e.